The number of hydrogen-bond donors (Lipinski definition) is 1. The van der Waals surface area contributed by atoms with Crippen molar-refractivity contribution < 1.29 is 4.79 Å². The van der Waals surface area contributed by atoms with Gasteiger partial charge in [-0.25, -0.2) is 0 Å². The summed E-state index contributed by atoms with van der Waals surface area (Å²) in [5, 5.41) is 3.09. The Bertz CT molecular complexity index is 404. The van der Waals surface area contributed by atoms with E-state index >= 15 is 0 Å². The predicted molar refractivity (Wildman–Crippen MR) is 66.4 cm³/mol. The highest BCUT2D eigenvalue weighted by Crippen LogP contribution is 2.26. The van der Waals surface area contributed by atoms with Crippen LogP contribution >= 0.6 is 0 Å². The molecule has 2 aliphatic rings. The van der Waals surface area contributed by atoms with Crippen molar-refractivity contribution in [1.82, 2.24) is 10.2 Å². The van der Waals surface area contributed by atoms with Gasteiger partial charge in [-0.05, 0) is 24.4 Å². The number of fused-ring (bicyclic) bond motifs is 1. The number of amides is 1. The Hall–Kier alpha value is -1.35. The second-order valence-electron chi connectivity index (χ2n) is 5.15. The highest BCUT2D eigenvalue weighted by atomic mass is 16.2. The van der Waals surface area contributed by atoms with Crippen molar-refractivity contribution in [1.29, 1.82) is 0 Å². The van der Waals surface area contributed by atoms with Crippen molar-refractivity contribution in [3.05, 3.63) is 35.9 Å². The number of rotatable bonds is 2. The molecule has 0 aromatic heterocycles. The van der Waals surface area contributed by atoms with E-state index in [1.165, 1.54) is 5.56 Å². The van der Waals surface area contributed by atoms with Gasteiger partial charge in [0.1, 0.15) is 0 Å². The summed E-state index contributed by atoms with van der Waals surface area (Å²) in [6.45, 7) is 3.12. The molecule has 0 saturated carbocycles. The van der Waals surface area contributed by atoms with Gasteiger partial charge in [0.15, 0.2) is 0 Å². The third kappa shape index (κ3) is 2.34. The van der Waals surface area contributed by atoms with Crippen LogP contribution in [0.1, 0.15) is 18.4 Å². The lowest BCUT2D eigenvalue weighted by Crippen LogP contribution is -2.46. The number of hydrogen-bond acceptors (Lipinski definition) is 2. The molecule has 0 aliphatic carbocycles. The fourth-order valence-corrected chi connectivity index (χ4v) is 2.96. The van der Waals surface area contributed by atoms with Gasteiger partial charge in [-0.2, -0.15) is 0 Å². The Morgan fingerprint density at radius 3 is 2.94 bits per heavy atom. The summed E-state index contributed by atoms with van der Waals surface area (Å²) in [5.74, 6) is 0.816. The summed E-state index contributed by atoms with van der Waals surface area (Å²) in [6.07, 6.45) is 1.89. The van der Waals surface area contributed by atoms with Crippen LogP contribution in [0.25, 0.3) is 0 Å². The topological polar surface area (TPSA) is 32.3 Å². The maximum atomic E-state index is 11.3. The first-order valence-corrected chi connectivity index (χ1v) is 6.37. The maximum Gasteiger partial charge on any atom is 0.220 e. The van der Waals surface area contributed by atoms with Crippen LogP contribution in [-0.4, -0.2) is 29.9 Å². The first-order valence-electron chi connectivity index (χ1n) is 6.37. The molecule has 2 unspecified atom stereocenters. The molecule has 1 N–H and O–H groups in total. The molecule has 2 saturated heterocycles. The van der Waals surface area contributed by atoms with Crippen molar-refractivity contribution in [2.24, 2.45) is 5.92 Å². The molecule has 0 spiro atoms. The molecular weight excluding hydrogens is 212 g/mol. The van der Waals surface area contributed by atoms with Gasteiger partial charge < -0.3 is 5.32 Å². The quantitative estimate of drug-likeness (QED) is 0.833. The molecule has 1 aromatic rings. The minimum Gasteiger partial charge on any atom is -0.352 e. The molecule has 17 heavy (non-hydrogen) atoms. The highest BCUT2D eigenvalue weighted by Gasteiger charge is 2.36. The lowest BCUT2D eigenvalue weighted by atomic mass is 9.92. The van der Waals surface area contributed by atoms with Gasteiger partial charge in [0.05, 0.1) is 0 Å². The third-order valence-electron chi connectivity index (χ3n) is 3.88. The summed E-state index contributed by atoms with van der Waals surface area (Å²) < 4.78 is 0. The molecule has 3 rings (SSSR count). The summed E-state index contributed by atoms with van der Waals surface area (Å²) in [5.41, 5.74) is 1.36. The minimum absolute atomic E-state index is 0.238. The third-order valence-corrected chi connectivity index (χ3v) is 3.88. The zero-order valence-corrected chi connectivity index (χ0v) is 9.93. The molecular formula is C14H18N2O. The SMILES string of the molecule is O=C1CC2CCN(Cc3ccccc3)CC2N1. The Morgan fingerprint density at radius 1 is 1.29 bits per heavy atom. The van der Waals surface area contributed by atoms with Crippen LogP contribution in [0.2, 0.25) is 0 Å². The Labute approximate surface area is 102 Å². The van der Waals surface area contributed by atoms with Gasteiger partial charge in [-0.3, -0.25) is 9.69 Å². The average molecular weight is 230 g/mol. The average Bonchev–Trinajstić information content (AvgIpc) is 2.70. The second-order valence-corrected chi connectivity index (χ2v) is 5.15. The van der Waals surface area contributed by atoms with Crippen LogP contribution in [0.3, 0.4) is 0 Å². The van der Waals surface area contributed by atoms with E-state index in [2.05, 4.69) is 34.5 Å². The molecule has 3 nitrogen and oxygen atoms in total. The van der Waals surface area contributed by atoms with Crippen molar-refractivity contribution >= 4 is 5.91 Å². The number of piperidine rings is 1. The van der Waals surface area contributed by atoms with E-state index in [0.29, 0.717) is 12.0 Å². The minimum atomic E-state index is 0.238. The van der Waals surface area contributed by atoms with Crippen LogP contribution in [0, 0.1) is 5.92 Å². The van der Waals surface area contributed by atoms with Crippen LogP contribution < -0.4 is 5.32 Å². The molecule has 3 heteroatoms. The van der Waals surface area contributed by atoms with E-state index in [1.54, 1.807) is 0 Å². The van der Waals surface area contributed by atoms with Gasteiger partial charge in [0, 0.05) is 25.6 Å². The Morgan fingerprint density at radius 2 is 2.12 bits per heavy atom. The van der Waals surface area contributed by atoms with E-state index in [0.717, 1.165) is 32.5 Å². The number of nitrogens with zero attached hydrogens (tertiary/aromatic N) is 1. The lowest BCUT2D eigenvalue weighted by Gasteiger charge is -2.34. The number of carbonyl (C=O) groups is 1. The van der Waals surface area contributed by atoms with Gasteiger partial charge in [-0.15, -0.1) is 0 Å². The summed E-state index contributed by atoms with van der Waals surface area (Å²) in [4.78, 5) is 13.8. The fraction of sp³-hybridized carbons (Fsp3) is 0.500. The monoisotopic (exact) mass is 230 g/mol. The number of carbonyl (C=O) groups excluding carboxylic acids is 1. The van der Waals surface area contributed by atoms with E-state index < -0.39 is 0 Å². The van der Waals surface area contributed by atoms with E-state index in [1.807, 2.05) is 6.07 Å². The van der Waals surface area contributed by atoms with E-state index in [4.69, 9.17) is 0 Å². The lowest BCUT2D eigenvalue weighted by molar-refractivity contribution is -0.119. The van der Waals surface area contributed by atoms with Crippen LogP contribution in [0.5, 0.6) is 0 Å². The molecule has 2 atom stereocenters. The largest absolute Gasteiger partial charge is 0.352 e. The second kappa shape index (κ2) is 4.49. The summed E-state index contributed by atoms with van der Waals surface area (Å²) in [6, 6.07) is 10.9. The normalized spacial score (nSPS) is 28.8. The molecule has 0 bridgehead atoms. The molecule has 1 amide bonds. The van der Waals surface area contributed by atoms with Gasteiger partial charge in [0.2, 0.25) is 5.91 Å². The van der Waals surface area contributed by atoms with Crippen molar-refractivity contribution in [2.75, 3.05) is 13.1 Å². The first-order chi connectivity index (χ1) is 8.31. The standard InChI is InChI=1S/C14H18N2O/c17-14-8-12-6-7-16(10-13(12)15-14)9-11-4-2-1-3-5-11/h1-5,12-13H,6-10H2,(H,15,17). The summed E-state index contributed by atoms with van der Waals surface area (Å²) >= 11 is 0. The molecule has 1 aromatic carbocycles. The number of benzene rings is 1. The van der Waals surface area contributed by atoms with Gasteiger partial charge >= 0.3 is 0 Å². The smallest absolute Gasteiger partial charge is 0.220 e. The van der Waals surface area contributed by atoms with Crippen LogP contribution in [-0.2, 0) is 11.3 Å². The van der Waals surface area contributed by atoms with E-state index in [-0.39, 0.29) is 5.91 Å². The molecule has 2 aliphatic heterocycles. The van der Waals surface area contributed by atoms with E-state index in [9.17, 15) is 4.79 Å². The fourth-order valence-electron chi connectivity index (χ4n) is 2.96. The van der Waals surface area contributed by atoms with Gasteiger partial charge in [0.25, 0.3) is 0 Å². The zero-order valence-electron chi connectivity index (χ0n) is 9.93. The zero-order chi connectivity index (χ0) is 11.7. The van der Waals surface area contributed by atoms with Crippen molar-refractivity contribution in [3.63, 3.8) is 0 Å². The maximum absolute atomic E-state index is 11.3. The number of likely N-dealkylation sites (tertiary alicyclic amines) is 1. The number of nitrogens with one attached hydrogen (secondary N) is 1. The molecule has 0 radical (unpaired) electrons. The highest BCUT2D eigenvalue weighted by molar-refractivity contribution is 5.79. The molecule has 90 valence electrons. The van der Waals surface area contributed by atoms with Crippen molar-refractivity contribution in [3.8, 4) is 0 Å². The van der Waals surface area contributed by atoms with Crippen LogP contribution in [0.4, 0.5) is 0 Å². The predicted octanol–water partition coefficient (Wildman–Crippen LogP) is 1.40. The van der Waals surface area contributed by atoms with Crippen LogP contribution in [0.15, 0.2) is 30.3 Å². The van der Waals surface area contributed by atoms with Gasteiger partial charge in [-0.1, -0.05) is 30.3 Å². The first kappa shape index (κ1) is 10.8. The molecule has 2 fully saturated rings. The Kier molecular flexibility index (Phi) is 2.85. The van der Waals surface area contributed by atoms with Crippen molar-refractivity contribution in [2.45, 2.75) is 25.4 Å². The summed E-state index contributed by atoms with van der Waals surface area (Å²) in [7, 11) is 0. The Balaban J connectivity index is 1.61. The molecule has 2 heterocycles.